The Morgan fingerprint density at radius 3 is 1.67 bits per heavy atom. The zero-order chi connectivity index (χ0) is 38.4. The highest BCUT2D eigenvalue weighted by atomic mass is 31.2. The number of nitrogens with zero attached hydrogens (tertiary/aromatic N) is 1. The van der Waals surface area contributed by atoms with Gasteiger partial charge in [0.2, 0.25) is 0 Å². The van der Waals surface area contributed by atoms with E-state index in [0.717, 1.165) is 57.8 Å². The van der Waals surface area contributed by atoms with Crippen LogP contribution < -0.4 is 4.89 Å². The highest BCUT2D eigenvalue weighted by Crippen LogP contribution is 2.38. The zero-order valence-corrected chi connectivity index (χ0v) is 35.4. The molecule has 306 valence electrons. The quantitative estimate of drug-likeness (QED) is 0.0203. The molecule has 0 saturated heterocycles. The third-order valence-electron chi connectivity index (χ3n) is 8.96. The Morgan fingerprint density at radius 1 is 0.615 bits per heavy atom. The first kappa shape index (κ1) is 50.7. The highest BCUT2D eigenvalue weighted by molar-refractivity contribution is 7.45. The summed E-state index contributed by atoms with van der Waals surface area (Å²) >= 11 is 0. The fraction of sp³-hybridized carbons (Fsp3) is 0.837. The minimum absolute atomic E-state index is 0.0246. The third kappa shape index (κ3) is 39.9. The number of hydrogen-bond donors (Lipinski definition) is 0. The first-order valence-electron chi connectivity index (χ1n) is 21.2. The monoisotopic (exact) mass is 756 g/mol. The summed E-state index contributed by atoms with van der Waals surface area (Å²) in [6.07, 6.45) is 41.5. The Labute approximate surface area is 321 Å². The Balaban J connectivity index is 4.25. The Kier molecular flexibility index (Phi) is 35.8. The molecule has 0 aliphatic carbocycles. The lowest BCUT2D eigenvalue weighted by Crippen LogP contribution is -2.37. The normalized spacial score (nSPS) is 14.2. The van der Waals surface area contributed by atoms with Gasteiger partial charge in [0.05, 0.1) is 34.4 Å². The van der Waals surface area contributed by atoms with E-state index in [0.29, 0.717) is 24.1 Å². The van der Waals surface area contributed by atoms with Crippen LogP contribution in [0, 0.1) is 0 Å². The van der Waals surface area contributed by atoms with Gasteiger partial charge in [0.15, 0.2) is 0 Å². The SMILES string of the molecule is CC/C=C\C/C=C\C/C=C\CCCCCCCCCC(=O)OC(COCCCCCCCCCCCCCCC)COP(=O)([O-])OCC[N+](C)(C)C. The number of ether oxygens (including phenoxy) is 2. The number of carbonyl (C=O) groups excluding carboxylic acids is 1. The first-order chi connectivity index (χ1) is 25.1. The first-order valence-corrected chi connectivity index (χ1v) is 22.7. The van der Waals surface area contributed by atoms with Gasteiger partial charge in [-0.15, -0.1) is 0 Å². The molecule has 2 unspecified atom stereocenters. The average Bonchev–Trinajstić information content (AvgIpc) is 3.09. The van der Waals surface area contributed by atoms with Crippen molar-refractivity contribution in [2.24, 2.45) is 0 Å². The molecule has 0 spiro atoms. The number of likely N-dealkylation sites (N-methyl/N-ethyl adjacent to an activating group) is 1. The van der Waals surface area contributed by atoms with Gasteiger partial charge in [-0.05, 0) is 44.9 Å². The lowest BCUT2D eigenvalue weighted by molar-refractivity contribution is -0.870. The average molecular weight is 756 g/mol. The van der Waals surface area contributed by atoms with Crippen molar-refractivity contribution in [1.29, 1.82) is 0 Å². The number of carbonyl (C=O) groups is 1. The molecule has 0 bridgehead atoms. The number of esters is 1. The predicted octanol–water partition coefficient (Wildman–Crippen LogP) is 11.6. The fourth-order valence-electron chi connectivity index (χ4n) is 5.68. The van der Waals surface area contributed by atoms with Gasteiger partial charge in [0.25, 0.3) is 7.82 Å². The zero-order valence-electron chi connectivity index (χ0n) is 34.5. The topological polar surface area (TPSA) is 94.1 Å². The molecular formula is C43H82NO7P. The van der Waals surface area contributed by atoms with Gasteiger partial charge in [-0.2, -0.15) is 0 Å². The van der Waals surface area contributed by atoms with Gasteiger partial charge in [-0.1, -0.05) is 159 Å². The molecule has 0 aromatic rings. The van der Waals surface area contributed by atoms with Gasteiger partial charge >= 0.3 is 5.97 Å². The summed E-state index contributed by atoms with van der Waals surface area (Å²) < 4.78 is 34.5. The number of allylic oxidation sites excluding steroid dienone is 6. The summed E-state index contributed by atoms with van der Waals surface area (Å²) in [5.41, 5.74) is 0. The van der Waals surface area contributed by atoms with Crippen molar-refractivity contribution in [2.45, 2.75) is 180 Å². The molecule has 0 amide bonds. The maximum atomic E-state index is 12.7. The second-order valence-corrected chi connectivity index (χ2v) is 16.7. The summed E-state index contributed by atoms with van der Waals surface area (Å²) in [7, 11) is 1.35. The van der Waals surface area contributed by atoms with E-state index in [-0.39, 0.29) is 25.8 Å². The van der Waals surface area contributed by atoms with Crippen LogP contribution in [-0.4, -0.2) is 70.7 Å². The minimum Gasteiger partial charge on any atom is -0.756 e. The van der Waals surface area contributed by atoms with Crippen molar-refractivity contribution >= 4 is 13.8 Å². The molecule has 0 aromatic carbocycles. The molecule has 8 nitrogen and oxygen atoms in total. The summed E-state index contributed by atoms with van der Waals surface area (Å²) in [6.45, 7) is 5.30. The Morgan fingerprint density at radius 2 is 1.12 bits per heavy atom. The van der Waals surface area contributed by atoms with Crippen LogP contribution in [0.5, 0.6) is 0 Å². The second-order valence-electron chi connectivity index (χ2n) is 15.3. The van der Waals surface area contributed by atoms with Gasteiger partial charge < -0.3 is 27.9 Å². The maximum absolute atomic E-state index is 12.7. The van der Waals surface area contributed by atoms with E-state index in [1.165, 1.54) is 96.3 Å². The Hall–Kier alpha value is -1.28. The van der Waals surface area contributed by atoms with Crippen molar-refractivity contribution < 1.29 is 37.3 Å². The highest BCUT2D eigenvalue weighted by Gasteiger charge is 2.20. The van der Waals surface area contributed by atoms with Crippen LogP contribution in [0.15, 0.2) is 36.5 Å². The molecule has 0 fully saturated rings. The number of rotatable bonds is 39. The van der Waals surface area contributed by atoms with Crippen LogP contribution in [0.1, 0.15) is 174 Å². The van der Waals surface area contributed by atoms with Gasteiger partial charge in [-0.3, -0.25) is 9.36 Å². The van der Waals surface area contributed by atoms with Crippen molar-refractivity contribution in [3.63, 3.8) is 0 Å². The predicted molar refractivity (Wildman–Crippen MR) is 217 cm³/mol. The van der Waals surface area contributed by atoms with Crippen LogP contribution in [0.25, 0.3) is 0 Å². The third-order valence-corrected chi connectivity index (χ3v) is 9.92. The van der Waals surface area contributed by atoms with E-state index >= 15 is 0 Å². The smallest absolute Gasteiger partial charge is 0.306 e. The van der Waals surface area contributed by atoms with E-state index in [4.69, 9.17) is 18.5 Å². The largest absolute Gasteiger partial charge is 0.756 e. The summed E-state index contributed by atoms with van der Waals surface area (Å²) in [5.74, 6) is -0.344. The Bertz CT molecular complexity index is 931. The van der Waals surface area contributed by atoms with Crippen molar-refractivity contribution in [3.05, 3.63) is 36.5 Å². The molecular weight excluding hydrogens is 673 g/mol. The summed E-state index contributed by atoms with van der Waals surface area (Å²) in [4.78, 5) is 25.0. The molecule has 2 atom stereocenters. The van der Waals surface area contributed by atoms with E-state index in [2.05, 4.69) is 50.3 Å². The molecule has 0 rings (SSSR count). The molecule has 52 heavy (non-hydrogen) atoms. The molecule has 0 aliphatic rings. The van der Waals surface area contributed by atoms with Crippen LogP contribution in [0.2, 0.25) is 0 Å². The number of phosphoric acid groups is 1. The van der Waals surface area contributed by atoms with Gasteiger partial charge in [0.1, 0.15) is 19.3 Å². The lowest BCUT2D eigenvalue weighted by atomic mass is 10.0. The van der Waals surface area contributed by atoms with Crippen LogP contribution >= 0.6 is 7.82 Å². The van der Waals surface area contributed by atoms with Gasteiger partial charge in [0, 0.05) is 13.0 Å². The van der Waals surface area contributed by atoms with Crippen molar-refractivity contribution in [3.8, 4) is 0 Å². The van der Waals surface area contributed by atoms with Crippen molar-refractivity contribution in [1.82, 2.24) is 0 Å². The molecule has 0 aliphatic heterocycles. The van der Waals surface area contributed by atoms with Crippen molar-refractivity contribution in [2.75, 3.05) is 54.1 Å². The standard InChI is InChI=1S/C43H82NO7P/c1-6-8-10-12-14-16-18-20-21-22-23-24-26-28-30-32-34-36-43(45)51-42(41-50-52(46,47)49-39-37-44(3,4)5)40-48-38-35-33-31-29-27-25-19-17-15-13-11-9-7-2/h8,10,14,16,20-21,42H,6-7,9,11-13,15,17-19,22-41H2,1-5H3/b10-8-,16-14-,21-20-. The van der Waals surface area contributed by atoms with E-state index < -0.39 is 13.9 Å². The van der Waals surface area contributed by atoms with Crippen LogP contribution in [-0.2, 0) is 27.9 Å². The summed E-state index contributed by atoms with van der Waals surface area (Å²) in [6, 6.07) is 0. The van der Waals surface area contributed by atoms with Gasteiger partial charge in [-0.25, -0.2) is 0 Å². The number of hydrogen-bond acceptors (Lipinski definition) is 7. The molecule has 9 heteroatoms. The lowest BCUT2D eigenvalue weighted by Gasteiger charge is -2.28. The number of quaternary nitrogens is 1. The molecule has 0 saturated carbocycles. The maximum Gasteiger partial charge on any atom is 0.306 e. The molecule has 0 N–H and O–H groups in total. The summed E-state index contributed by atoms with van der Waals surface area (Å²) in [5, 5.41) is 0. The van der Waals surface area contributed by atoms with E-state index in [1.54, 1.807) is 0 Å². The number of phosphoric ester groups is 1. The van der Waals surface area contributed by atoms with E-state index in [1.807, 2.05) is 21.1 Å². The fourth-order valence-corrected chi connectivity index (χ4v) is 6.41. The molecule has 0 heterocycles. The van der Waals surface area contributed by atoms with Crippen LogP contribution in [0.4, 0.5) is 0 Å². The molecule has 0 aromatic heterocycles. The minimum atomic E-state index is -4.52. The van der Waals surface area contributed by atoms with Crippen LogP contribution in [0.3, 0.4) is 0 Å². The number of unbranched alkanes of at least 4 members (excludes halogenated alkanes) is 19. The second kappa shape index (κ2) is 36.7. The van der Waals surface area contributed by atoms with E-state index in [9.17, 15) is 14.3 Å². The molecule has 0 radical (unpaired) electrons.